The Morgan fingerprint density at radius 3 is 0.921 bits per heavy atom. The SMILES string of the molecule is CCC(=O)NS(N)([C@@H](CSC(c1ccccc1)(c1ccccc1)c1ccccc1)C(=O)N[C@@H](CSC(c1ccccc1)(c1ccccc1)c1ccccc1)C(N)=O)C(c1ccccc1)(c1ccccc1)c1ccccc1. The lowest BCUT2D eigenvalue weighted by atomic mass is 9.84. The van der Waals surface area contributed by atoms with Gasteiger partial charge in [0.25, 0.3) is 0 Å². The molecule has 10 heteroatoms. The van der Waals surface area contributed by atoms with Crippen LogP contribution in [0.25, 0.3) is 0 Å². The molecule has 3 amide bonds. The molecule has 9 aromatic rings. The van der Waals surface area contributed by atoms with Gasteiger partial charge < -0.3 is 15.8 Å². The monoisotopic (exact) mass is 1050 g/mol. The van der Waals surface area contributed by atoms with Crippen molar-refractivity contribution in [2.75, 3.05) is 11.5 Å². The molecule has 0 bridgehead atoms. The zero-order chi connectivity index (χ0) is 52.9. The molecule has 1 unspecified atom stereocenters. The predicted molar refractivity (Wildman–Crippen MR) is 318 cm³/mol. The van der Waals surface area contributed by atoms with Gasteiger partial charge in [-0.05, 0) is 50.1 Å². The number of rotatable bonds is 22. The summed E-state index contributed by atoms with van der Waals surface area (Å²) in [6.45, 7) is 1.79. The first kappa shape index (κ1) is 53.2. The fourth-order valence-corrected chi connectivity index (χ4v) is 17.8. The van der Waals surface area contributed by atoms with Crippen LogP contribution in [0.2, 0.25) is 0 Å². The maximum Gasteiger partial charge on any atom is 0.240 e. The lowest BCUT2D eigenvalue weighted by Gasteiger charge is -2.57. The summed E-state index contributed by atoms with van der Waals surface area (Å²) >= 11 is 3.11. The van der Waals surface area contributed by atoms with Gasteiger partial charge in [-0.2, -0.15) is 0 Å². The Bertz CT molecular complexity index is 2990. The molecule has 76 heavy (non-hydrogen) atoms. The minimum Gasteiger partial charge on any atom is -0.368 e. The smallest absolute Gasteiger partial charge is 0.240 e. The minimum absolute atomic E-state index is 0.0647. The van der Waals surface area contributed by atoms with Gasteiger partial charge in [0, 0.05) is 17.9 Å². The van der Waals surface area contributed by atoms with E-state index in [1.165, 1.54) is 11.8 Å². The summed E-state index contributed by atoms with van der Waals surface area (Å²) in [5.74, 6) is -1.41. The summed E-state index contributed by atoms with van der Waals surface area (Å²) in [6, 6.07) is 90.0. The first-order valence-corrected chi connectivity index (χ1v) is 29.2. The van der Waals surface area contributed by atoms with Gasteiger partial charge in [0.15, 0.2) is 0 Å². The fraction of sp³-hybridized carbons (Fsp3) is 0.136. The lowest BCUT2D eigenvalue weighted by molar-refractivity contribution is -0.126. The van der Waals surface area contributed by atoms with Gasteiger partial charge in [-0.25, -0.2) is 0 Å². The Kier molecular flexibility index (Phi) is 17.1. The molecule has 0 aliphatic carbocycles. The third-order valence-electron chi connectivity index (χ3n) is 14.1. The second kappa shape index (κ2) is 24.4. The Balaban J connectivity index is 1.27. The van der Waals surface area contributed by atoms with Crippen LogP contribution in [0.4, 0.5) is 0 Å². The van der Waals surface area contributed by atoms with Crippen molar-refractivity contribution in [1.29, 1.82) is 0 Å². The van der Waals surface area contributed by atoms with E-state index in [1.54, 1.807) is 18.7 Å². The topological polar surface area (TPSA) is 127 Å². The summed E-state index contributed by atoms with van der Waals surface area (Å²) in [4.78, 5) is 45.6. The van der Waals surface area contributed by atoms with Gasteiger partial charge in [0.1, 0.15) is 16.0 Å². The van der Waals surface area contributed by atoms with E-state index in [0.29, 0.717) is 0 Å². The second-order valence-corrected chi connectivity index (χ2v) is 23.8. The highest BCUT2D eigenvalue weighted by molar-refractivity contribution is 8.33. The summed E-state index contributed by atoms with van der Waals surface area (Å²) < 4.78 is 0.359. The van der Waals surface area contributed by atoms with Crippen LogP contribution >= 0.6 is 33.9 Å². The van der Waals surface area contributed by atoms with E-state index in [9.17, 15) is 9.59 Å². The normalized spacial score (nSPS) is 13.8. The molecule has 9 aromatic carbocycles. The average Bonchev–Trinajstić information content (AvgIpc) is 3.55. The van der Waals surface area contributed by atoms with Gasteiger partial charge in [0.05, 0.1) is 9.49 Å². The minimum atomic E-state index is -3.46. The van der Waals surface area contributed by atoms with Crippen molar-refractivity contribution in [3.05, 3.63) is 323 Å². The lowest BCUT2D eigenvalue weighted by Crippen LogP contribution is -2.60. The molecule has 0 spiro atoms. The van der Waals surface area contributed by atoms with Crippen molar-refractivity contribution in [1.82, 2.24) is 10.0 Å². The number of hydrogen-bond acceptors (Lipinski definition) is 6. The van der Waals surface area contributed by atoms with Crippen LogP contribution in [0.3, 0.4) is 0 Å². The molecule has 0 aliphatic heterocycles. The van der Waals surface area contributed by atoms with Crippen molar-refractivity contribution >= 4 is 51.6 Å². The third-order valence-corrected chi connectivity index (χ3v) is 21.1. The fourth-order valence-electron chi connectivity index (χ4n) is 10.5. The molecule has 382 valence electrons. The number of carbonyl (C=O) groups excluding carboxylic acids is 3. The van der Waals surface area contributed by atoms with E-state index in [1.807, 2.05) is 200 Å². The molecular weight excluding hydrogens is 993 g/mol. The molecular formula is C66H62N4O3S3. The van der Waals surface area contributed by atoms with E-state index in [0.717, 1.165) is 50.1 Å². The average molecular weight is 1060 g/mol. The van der Waals surface area contributed by atoms with E-state index in [-0.39, 0.29) is 23.8 Å². The number of thioether (sulfide) groups is 2. The number of nitrogens with one attached hydrogen (secondary N) is 2. The second-order valence-electron chi connectivity index (χ2n) is 18.5. The maximum atomic E-state index is 16.6. The highest BCUT2D eigenvalue weighted by atomic mass is 32.3. The van der Waals surface area contributed by atoms with Crippen molar-refractivity contribution in [2.45, 2.75) is 38.9 Å². The molecule has 0 aromatic heterocycles. The van der Waals surface area contributed by atoms with Crippen molar-refractivity contribution < 1.29 is 14.4 Å². The molecule has 9 rings (SSSR count). The van der Waals surface area contributed by atoms with E-state index >= 15 is 4.79 Å². The van der Waals surface area contributed by atoms with Gasteiger partial charge in [0.2, 0.25) is 17.7 Å². The maximum absolute atomic E-state index is 16.6. The van der Waals surface area contributed by atoms with Crippen LogP contribution in [0.5, 0.6) is 0 Å². The summed E-state index contributed by atoms with van der Waals surface area (Å²) in [7, 11) is -3.46. The molecule has 0 heterocycles. The molecule has 7 nitrogen and oxygen atoms in total. The number of primary amides is 1. The third kappa shape index (κ3) is 10.5. The van der Waals surface area contributed by atoms with Crippen molar-refractivity contribution in [3.63, 3.8) is 0 Å². The summed E-state index contributed by atoms with van der Waals surface area (Å²) in [6.07, 6.45) is 0.0883. The number of benzene rings is 9. The number of carbonyl (C=O) groups is 3. The number of hydrogen-bond donors (Lipinski definition) is 4. The van der Waals surface area contributed by atoms with E-state index < -0.39 is 47.7 Å². The quantitative estimate of drug-likeness (QED) is 0.0501. The predicted octanol–water partition coefficient (Wildman–Crippen LogP) is 12.9. The molecule has 0 fully saturated rings. The zero-order valence-corrected chi connectivity index (χ0v) is 44.8. The van der Waals surface area contributed by atoms with Crippen LogP contribution in [0.15, 0.2) is 273 Å². The summed E-state index contributed by atoms with van der Waals surface area (Å²) in [5.41, 5.74) is 14.8. The first-order chi connectivity index (χ1) is 37.2. The standard InChI is InChI=1S/C66H62N4O3S3/c1-2-61(71)70-76(68,66(56-42-24-9-25-43-56,57-44-26-10-27-45-57)58-46-28-11-29-47-58)60(49-75-65(53-36-18-6-19-37-53,54-38-20-7-21-39-54)55-40-22-8-23-41-55)63(73)69-59(62(67)72)48-74-64(50-30-12-3-13-31-50,51-32-14-4-15-33-51)52-34-16-5-17-35-52/h3-47,59-60H,2,48-49,68H2,1H3,(H2,67,72)(H,69,73)(H,70,71)/t59-,60-/m0/s1. The highest BCUT2D eigenvalue weighted by Crippen LogP contribution is 2.67. The largest absolute Gasteiger partial charge is 0.368 e. The Morgan fingerprint density at radius 1 is 0.421 bits per heavy atom. The number of nitrogens with two attached hydrogens (primary N) is 2. The van der Waals surface area contributed by atoms with Crippen LogP contribution in [-0.4, -0.2) is 40.5 Å². The number of amides is 3. The van der Waals surface area contributed by atoms with Crippen molar-refractivity contribution in [2.24, 2.45) is 10.9 Å². The molecule has 0 radical (unpaired) electrons. The molecule has 3 atom stereocenters. The Hall–Kier alpha value is -7.60. The van der Waals surface area contributed by atoms with Gasteiger partial charge in [-0.3, -0.25) is 19.5 Å². The van der Waals surface area contributed by atoms with E-state index in [4.69, 9.17) is 10.9 Å². The van der Waals surface area contributed by atoms with Crippen LogP contribution in [0, 0.1) is 0 Å². The summed E-state index contributed by atoms with van der Waals surface area (Å²) in [5, 5.41) is 10.6. The Labute approximate surface area is 457 Å². The molecule has 6 N–H and O–H groups in total. The van der Waals surface area contributed by atoms with Gasteiger partial charge >= 0.3 is 0 Å². The Morgan fingerprint density at radius 2 is 0.671 bits per heavy atom. The first-order valence-electron chi connectivity index (χ1n) is 25.5. The van der Waals surface area contributed by atoms with Gasteiger partial charge in [-0.1, -0.05) is 290 Å². The molecule has 0 aliphatic rings. The molecule has 0 saturated carbocycles. The van der Waals surface area contributed by atoms with Crippen LogP contribution in [0.1, 0.15) is 63.4 Å². The van der Waals surface area contributed by atoms with Crippen LogP contribution < -0.4 is 20.9 Å². The molecule has 0 saturated heterocycles. The van der Waals surface area contributed by atoms with Gasteiger partial charge in [-0.15, -0.1) is 23.5 Å². The van der Waals surface area contributed by atoms with Crippen LogP contribution in [-0.2, 0) is 28.6 Å². The highest BCUT2D eigenvalue weighted by Gasteiger charge is 2.57. The van der Waals surface area contributed by atoms with Crippen molar-refractivity contribution in [3.8, 4) is 0 Å². The van der Waals surface area contributed by atoms with E-state index in [2.05, 4.69) is 82.8 Å². The zero-order valence-electron chi connectivity index (χ0n) is 42.4.